The number of hydrogen-bond donors (Lipinski definition) is 2. The molecule has 2 N–H and O–H groups in total. The minimum Gasteiger partial charge on any atom is -0.481 e. The fourth-order valence-corrected chi connectivity index (χ4v) is 3.81. The van der Waals surface area contributed by atoms with Crippen LogP contribution in [-0.2, 0) is 14.4 Å². The maximum atomic E-state index is 12.8. The van der Waals surface area contributed by atoms with Gasteiger partial charge in [0, 0.05) is 18.2 Å². The number of aliphatic carboxylic acids is 1. The molecule has 2 fully saturated rings. The van der Waals surface area contributed by atoms with Crippen molar-refractivity contribution in [1.82, 2.24) is 5.32 Å². The molecule has 2 amide bonds. The summed E-state index contributed by atoms with van der Waals surface area (Å²) in [5.41, 5.74) is 0.539. The molecule has 152 valence electrons. The average molecular weight is 396 g/mol. The van der Waals surface area contributed by atoms with Gasteiger partial charge in [-0.15, -0.1) is 0 Å². The zero-order chi connectivity index (χ0) is 20.3. The van der Waals surface area contributed by atoms with Crippen LogP contribution < -0.4 is 15.0 Å². The van der Waals surface area contributed by atoms with Crippen molar-refractivity contribution in [3.05, 3.63) is 24.3 Å². The number of halogens is 2. The molecule has 1 saturated carbocycles. The number of carboxylic acids is 1. The first-order valence-corrected chi connectivity index (χ1v) is 9.24. The second-order valence-corrected chi connectivity index (χ2v) is 7.11. The van der Waals surface area contributed by atoms with Crippen molar-refractivity contribution < 1.29 is 33.0 Å². The number of anilines is 1. The number of hydrogen-bond acceptors (Lipinski definition) is 4. The maximum absolute atomic E-state index is 12.8. The lowest BCUT2D eigenvalue weighted by atomic mass is 10.0. The predicted molar refractivity (Wildman–Crippen MR) is 95.1 cm³/mol. The van der Waals surface area contributed by atoms with Gasteiger partial charge in [-0.1, -0.05) is 0 Å². The highest BCUT2D eigenvalue weighted by Crippen LogP contribution is 2.31. The minimum atomic E-state index is -2.92. The van der Waals surface area contributed by atoms with Crippen molar-refractivity contribution in [2.24, 2.45) is 11.8 Å². The summed E-state index contributed by atoms with van der Waals surface area (Å²) in [6, 6.07) is 5.09. The van der Waals surface area contributed by atoms with Crippen LogP contribution in [-0.4, -0.2) is 42.1 Å². The van der Waals surface area contributed by atoms with Gasteiger partial charge in [0.05, 0.1) is 5.92 Å². The number of piperidine rings is 1. The predicted octanol–water partition coefficient (Wildman–Crippen LogP) is 2.40. The molecule has 1 unspecified atom stereocenters. The van der Waals surface area contributed by atoms with Gasteiger partial charge in [0.25, 0.3) is 0 Å². The van der Waals surface area contributed by atoms with Gasteiger partial charge >= 0.3 is 12.6 Å². The van der Waals surface area contributed by atoms with Gasteiger partial charge in [0.15, 0.2) is 0 Å². The molecule has 1 aromatic rings. The fourth-order valence-electron chi connectivity index (χ4n) is 3.81. The van der Waals surface area contributed by atoms with Crippen LogP contribution in [0, 0.1) is 11.8 Å². The molecule has 0 spiro atoms. The topological polar surface area (TPSA) is 95.9 Å². The van der Waals surface area contributed by atoms with E-state index in [4.69, 9.17) is 5.11 Å². The molecule has 0 bridgehead atoms. The Morgan fingerprint density at radius 2 is 1.82 bits per heavy atom. The maximum Gasteiger partial charge on any atom is 0.387 e. The molecule has 28 heavy (non-hydrogen) atoms. The minimum absolute atomic E-state index is 0.00211. The number of ether oxygens (including phenoxy) is 1. The number of carbonyl (C=O) groups excluding carboxylic acids is 2. The van der Waals surface area contributed by atoms with E-state index >= 15 is 0 Å². The average Bonchev–Trinajstić information content (AvgIpc) is 3.14. The van der Waals surface area contributed by atoms with E-state index in [9.17, 15) is 23.2 Å². The van der Waals surface area contributed by atoms with Gasteiger partial charge in [-0.3, -0.25) is 14.4 Å². The lowest BCUT2D eigenvalue weighted by Crippen LogP contribution is -2.53. The third-order valence-corrected chi connectivity index (χ3v) is 5.28. The standard InChI is InChI=1S/C19H22F2N2O5/c20-19(21)28-14-7-5-13(6-8-14)23-9-1-2-15(17(23)25)22-16(24)11-3-4-12(10-11)18(26)27/h5-8,11-12,15,19H,1-4,9-10H2,(H,22,24)(H,26,27)/t11-,12+,15?/m0/s1. The summed E-state index contributed by atoms with van der Waals surface area (Å²) in [5.74, 6) is -2.35. The number of alkyl halides is 2. The zero-order valence-corrected chi connectivity index (χ0v) is 15.1. The number of carboxylic acid groups (broad SMARTS) is 1. The molecule has 1 aliphatic carbocycles. The highest BCUT2D eigenvalue weighted by molar-refractivity contribution is 6.00. The first-order valence-electron chi connectivity index (χ1n) is 9.24. The van der Waals surface area contributed by atoms with Crippen LogP contribution in [0.2, 0.25) is 0 Å². The van der Waals surface area contributed by atoms with E-state index in [1.165, 1.54) is 29.2 Å². The Balaban J connectivity index is 1.61. The van der Waals surface area contributed by atoms with E-state index in [1.54, 1.807) is 0 Å². The Bertz CT molecular complexity index is 740. The molecule has 0 aromatic heterocycles. The molecule has 3 atom stereocenters. The summed E-state index contributed by atoms with van der Waals surface area (Å²) < 4.78 is 28.8. The summed E-state index contributed by atoms with van der Waals surface area (Å²) in [7, 11) is 0. The zero-order valence-electron chi connectivity index (χ0n) is 15.1. The van der Waals surface area contributed by atoms with Crippen LogP contribution in [0.1, 0.15) is 32.1 Å². The SMILES string of the molecule is O=C(O)[C@@H]1CC[C@H](C(=O)NC2CCCN(c3ccc(OC(F)F)cc3)C2=O)C1. The van der Waals surface area contributed by atoms with Crippen LogP contribution in [0.3, 0.4) is 0 Å². The fraction of sp³-hybridized carbons (Fsp3) is 0.526. The van der Waals surface area contributed by atoms with Crippen molar-refractivity contribution in [2.75, 3.05) is 11.4 Å². The summed E-state index contributed by atoms with van der Waals surface area (Å²) in [6.07, 6.45) is 2.43. The molecular weight excluding hydrogens is 374 g/mol. The van der Waals surface area contributed by atoms with E-state index in [0.717, 1.165) is 0 Å². The molecule has 1 aromatic carbocycles. The lowest BCUT2D eigenvalue weighted by molar-refractivity contribution is -0.141. The summed E-state index contributed by atoms with van der Waals surface area (Å²) >= 11 is 0. The Hall–Kier alpha value is -2.71. The van der Waals surface area contributed by atoms with Gasteiger partial charge in [0.2, 0.25) is 11.8 Å². The van der Waals surface area contributed by atoms with Gasteiger partial charge in [0.1, 0.15) is 11.8 Å². The van der Waals surface area contributed by atoms with E-state index in [0.29, 0.717) is 37.9 Å². The molecule has 2 aliphatic rings. The number of carbonyl (C=O) groups is 3. The molecule has 9 heteroatoms. The van der Waals surface area contributed by atoms with Gasteiger partial charge in [-0.05, 0) is 56.4 Å². The smallest absolute Gasteiger partial charge is 0.387 e. The monoisotopic (exact) mass is 396 g/mol. The molecule has 3 rings (SSSR count). The van der Waals surface area contributed by atoms with Crippen molar-refractivity contribution in [3.63, 3.8) is 0 Å². The Morgan fingerprint density at radius 3 is 2.43 bits per heavy atom. The van der Waals surface area contributed by atoms with Crippen molar-refractivity contribution in [2.45, 2.75) is 44.8 Å². The molecule has 7 nitrogen and oxygen atoms in total. The Morgan fingerprint density at radius 1 is 1.14 bits per heavy atom. The molecule has 1 heterocycles. The second-order valence-electron chi connectivity index (χ2n) is 7.11. The Labute approximate surface area is 160 Å². The largest absolute Gasteiger partial charge is 0.481 e. The highest BCUT2D eigenvalue weighted by atomic mass is 19.3. The number of benzene rings is 1. The van der Waals surface area contributed by atoms with Gasteiger partial charge < -0.3 is 20.1 Å². The normalized spacial score (nSPS) is 25.0. The van der Waals surface area contributed by atoms with Gasteiger partial charge in [-0.25, -0.2) is 0 Å². The van der Waals surface area contributed by atoms with Crippen LogP contribution in [0.15, 0.2) is 24.3 Å². The number of rotatable bonds is 6. The number of nitrogens with zero attached hydrogens (tertiary/aromatic N) is 1. The lowest BCUT2D eigenvalue weighted by Gasteiger charge is -2.33. The van der Waals surface area contributed by atoms with Crippen molar-refractivity contribution >= 4 is 23.5 Å². The number of amides is 2. The highest BCUT2D eigenvalue weighted by Gasteiger charge is 2.37. The summed E-state index contributed by atoms with van der Waals surface area (Å²) in [4.78, 5) is 37.8. The van der Waals surface area contributed by atoms with Crippen LogP contribution in [0.5, 0.6) is 5.75 Å². The summed E-state index contributed by atoms with van der Waals surface area (Å²) in [5, 5.41) is 11.8. The molecule has 1 aliphatic heterocycles. The molecule has 1 saturated heterocycles. The third-order valence-electron chi connectivity index (χ3n) is 5.28. The number of nitrogens with one attached hydrogen (secondary N) is 1. The van der Waals surface area contributed by atoms with Crippen LogP contribution >= 0.6 is 0 Å². The van der Waals surface area contributed by atoms with E-state index < -0.39 is 30.5 Å². The summed E-state index contributed by atoms with van der Waals surface area (Å²) in [6.45, 7) is -2.46. The van der Waals surface area contributed by atoms with Crippen LogP contribution in [0.4, 0.5) is 14.5 Å². The van der Waals surface area contributed by atoms with E-state index in [1.807, 2.05) is 0 Å². The van der Waals surface area contributed by atoms with Crippen LogP contribution in [0.25, 0.3) is 0 Å². The molecule has 0 radical (unpaired) electrons. The third kappa shape index (κ3) is 4.58. The van der Waals surface area contributed by atoms with E-state index in [2.05, 4.69) is 10.1 Å². The first-order chi connectivity index (χ1) is 13.3. The van der Waals surface area contributed by atoms with Crippen molar-refractivity contribution in [1.29, 1.82) is 0 Å². The van der Waals surface area contributed by atoms with Crippen molar-refractivity contribution in [3.8, 4) is 5.75 Å². The van der Waals surface area contributed by atoms with E-state index in [-0.39, 0.29) is 24.0 Å². The first kappa shape index (κ1) is 20.0. The quantitative estimate of drug-likeness (QED) is 0.770. The molecular formula is C19H22F2N2O5. The van der Waals surface area contributed by atoms with Gasteiger partial charge in [-0.2, -0.15) is 8.78 Å². The Kier molecular flexibility index (Phi) is 6.11. The second kappa shape index (κ2) is 8.53.